The van der Waals surface area contributed by atoms with Crippen molar-refractivity contribution < 1.29 is 13.5 Å². The molecule has 0 amide bonds. The third kappa shape index (κ3) is 2.80. The third-order valence-corrected chi connectivity index (χ3v) is 2.14. The minimum atomic E-state index is -0.845. The molecule has 0 bridgehead atoms. The van der Waals surface area contributed by atoms with Crippen molar-refractivity contribution in [2.45, 2.75) is 13.5 Å². The molecule has 0 atom stereocenters. The van der Waals surface area contributed by atoms with Crippen LogP contribution < -0.4 is 0 Å². The van der Waals surface area contributed by atoms with Crippen LogP contribution in [0.5, 0.6) is 0 Å². The first-order chi connectivity index (χ1) is 6.15. The van der Waals surface area contributed by atoms with E-state index in [9.17, 15) is 8.78 Å². The van der Waals surface area contributed by atoms with Crippen molar-refractivity contribution in [2.24, 2.45) is 0 Å². The van der Waals surface area contributed by atoms with Crippen molar-refractivity contribution in [3.05, 3.63) is 21.3 Å². The van der Waals surface area contributed by atoms with Crippen molar-refractivity contribution in [2.75, 3.05) is 6.61 Å². The van der Waals surface area contributed by atoms with Gasteiger partial charge in [0.1, 0.15) is 10.2 Å². The molecule has 3 nitrogen and oxygen atoms in total. The predicted octanol–water partition coefficient (Wildman–Crippen LogP) is 1.90. The number of halogens is 3. The number of hydrogen-bond donors (Lipinski definition) is 0. The van der Waals surface area contributed by atoms with E-state index in [2.05, 4.69) is 9.97 Å². The summed E-state index contributed by atoms with van der Waals surface area (Å²) < 4.78 is 30.3. The van der Waals surface area contributed by atoms with Crippen LogP contribution in [0.2, 0.25) is 0 Å². The Morgan fingerprint density at radius 3 is 2.31 bits per heavy atom. The molecule has 0 fully saturated rings. The maximum Gasteiger partial charge on any atom is 0.232 e. The molecule has 1 rings (SSSR count). The van der Waals surface area contributed by atoms with Crippen LogP contribution in [0.15, 0.2) is 0 Å². The summed E-state index contributed by atoms with van der Waals surface area (Å²) in [7, 11) is 0. The lowest BCUT2D eigenvalue weighted by atomic mass is 10.5. The van der Waals surface area contributed by atoms with E-state index in [1.165, 1.54) is 22.6 Å². The van der Waals surface area contributed by atoms with Gasteiger partial charge in [0.05, 0.1) is 0 Å². The molecule has 1 heterocycles. The molecule has 0 N–H and O–H groups in total. The molecule has 0 aromatic carbocycles. The van der Waals surface area contributed by atoms with Crippen molar-refractivity contribution in [3.8, 4) is 0 Å². The van der Waals surface area contributed by atoms with Gasteiger partial charge in [-0.1, -0.05) is 0 Å². The fraction of sp³-hybridized carbons (Fsp3) is 0.429. The number of nitrogens with zero attached hydrogens (tertiary/aromatic N) is 2. The maximum atomic E-state index is 12.8. The Kier molecular flexibility index (Phi) is 3.91. The molecule has 6 heteroatoms. The molecule has 0 radical (unpaired) electrons. The van der Waals surface area contributed by atoms with Crippen molar-refractivity contribution in [3.63, 3.8) is 0 Å². The molecule has 0 saturated heterocycles. The minimum absolute atomic E-state index is 0.0252. The van der Waals surface area contributed by atoms with E-state index in [0.29, 0.717) is 6.61 Å². The monoisotopic (exact) mass is 300 g/mol. The SMILES string of the molecule is CCOCc1nc(F)c(I)c(F)n1. The largest absolute Gasteiger partial charge is 0.374 e. The Labute approximate surface area is 87.7 Å². The zero-order valence-electron chi connectivity index (χ0n) is 6.85. The summed E-state index contributed by atoms with van der Waals surface area (Å²) in [5.74, 6) is -1.66. The van der Waals surface area contributed by atoms with Gasteiger partial charge in [0.25, 0.3) is 0 Å². The zero-order valence-corrected chi connectivity index (χ0v) is 9.01. The lowest BCUT2D eigenvalue weighted by Crippen LogP contribution is -2.06. The summed E-state index contributed by atoms with van der Waals surface area (Å²) in [6.07, 6.45) is 0. The molecular formula is C7H7F2IN2O. The van der Waals surface area contributed by atoms with Crippen LogP contribution in [0, 0.1) is 15.5 Å². The van der Waals surface area contributed by atoms with Gasteiger partial charge in [-0.3, -0.25) is 0 Å². The molecule has 0 unspecified atom stereocenters. The highest BCUT2D eigenvalue weighted by Crippen LogP contribution is 2.11. The average Bonchev–Trinajstić information content (AvgIpc) is 2.10. The lowest BCUT2D eigenvalue weighted by Gasteiger charge is -2.01. The van der Waals surface area contributed by atoms with E-state index in [4.69, 9.17) is 4.74 Å². The quantitative estimate of drug-likeness (QED) is 0.632. The van der Waals surface area contributed by atoms with Crippen LogP contribution in [0.25, 0.3) is 0 Å². The molecule has 0 saturated carbocycles. The van der Waals surface area contributed by atoms with Crippen molar-refractivity contribution >= 4 is 22.6 Å². The standard InChI is InChI=1S/C7H7F2IN2O/c1-2-13-3-4-11-6(8)5(10)7(9)12-4/h2-3H2,1H3. The van der Waals surface area contributed by atoms with E-state index >= 15 is 0 Å². The van der Waals surface area contributed by atoms with E-state index in [1.807, 2.05) is 0 Å². The highest BCUT2D eigenvalue weighted by Gasteiger charge is 2.11. The van der Waals surface area contributed by atoms with Crippen LogP contribution in [0.1, 0.15) is 12.7 Å². The maximum absolute atomic E-state index is 12.8. The second-order valence-electron chi connectivity index (χ2n) is 2.17. The Bertz CT molecular complexity index is 286. The third-order valence-electron chi connectivity index (χ3n) is 1.25. The van der Waals surface area contributed by atoms with Gasteiger partial charge in [-0.2, -0.15) is 8.78 Å². The molecule has 0 aliphatic carbocycles. The number of rotatable bonds is 3. The molecule has 72 valence electrons. The van der Waals surface area contributed by atoms with Crippen LogP contribution in [0.3, 0.4) is 0 Å². The first-order valence-electron chi connectivity index (χ1n) is 3.60. The number of ether oxygens (including phenoxy) is 1. The molecule has 0 spiro atoms. The van der Waals surface area contributed by atoms with Crippen molar-refractivity contribution in [1.29, 1.82) is 0 Å². The van der Waals surface area contributed by atoms with E-state index in [-0.39, 0.29) is 16.0 Å². The molecule has 13 heavy (non-hydrogen) atoms. The first kappa shape index (κ1) is 10.7. The van der Waals surface area contributed by atoms with Crippen molar-refractivity contribution in [1.82, 2.24) is 9.97 Å². The summed E-state index contributed by atoms with van der Waals surface area (Å²) in [4.78, 5) is 6.84. The first-order valence-corrected chi connectivity index (χ1v) is 4.68. The van der Waals surface area contributed by atoms with Crippen LogP contribution in [-0.2, 0) is 11.3 Å². The summed E-state index contributed by atoms with van der Waals surface area (Å²) in [6, 6.07) is 0. The van der Waals surface area contributed by atoms with E-state index < -0.39 is 11.9 Å². The number of hydrogen-bond acceptors (Lipinski definition) is 3. The summed E-state index contributed by atoms with van der Waals surface area (Å²) in [5.41, 5.74) is 0. The second kappa shape index (κ2) is 4.75. The van der Waals surface area contributed by atoms with Gasteiger partial charge in [-0.15, -0.1) is 0 Å². The van der Waals surface area contributed by atoms with E-state index in [0.717, 1.165) is 0 Å². The van der Waals surface area contributed by atoms with Gasteiger partial charge >= 0.3 is 0 Å². The predicted molar refractivity (Wildman–Crippen MR) is 50.0 cm³/mol. The summed E-state index contributed by atoms with van der Waals surface area (Å²) >= 11 is 1.51. The van der Waals surface area contributed by atoms with Gasteiger partial charge in [-0.05, 0) is 29.5 Å². The van der Waals surface area contributed by atoms with Gasteiger partial charge in [-0.25, -0.2) is 9.97 Å². The Morgan fingerprint density at radius 1 is 1.31 bits per heavy atom. The summed E-state index contributed by atoms with van der Waals surface area (Å²) in [5, 5.41) is 0. The lowest BCUT2D eigenvalue weighted by molar-refractivity contribution is 0.126. The van der Waals surface area contributed by atoms with Gasteiger partial charge in [0.2, 0.25) is 11.9 Å². The average molecular weight is 300 g/mol. The highest BCUT2D eigenvalue weighted by molar-refractivity contribution is 14.1. The van der Waals surface area contributed by atoms with E-state index in [1.54, 1.807) is 6.92 Å². The molecule has 0 aliphatic rings. The number of aromatic nitrogens is 2. The fourth-order valence-electron chi connectivity index (χ4n) is 0.693. The van der Waals surface area contributed by atoms with Gasteiger partial charge in [0.15, 0.2) is 5.82 Å². The smallest absolute Gasteiger partial charge is 0.232 e. The Morgan fingerprint density at radius 2 is 1.85 bits per heavy atom. The molecule has 0 aliphatic heterocycles. The molecular weight excluding hydrogens is 293 g/mol. The van der Waals surface area contributed by atoms with Gasteiger partial charge < -0.3 is 4.74 Å². The molecule has 1 aromatic rings. The topological polar surface area (TPSA) is 35.0 Å². The molecule has 1 aromatic heterocycles. The minimum Gasteiger partial charge on any atom is -0.374 e. The van der Waals surface area contributed by atoms with Crippen LogP contribution in [-0.4, -0.2) is 16.6 Å². The zero-order chi connectivity index (χ0) is 9.84. The Hall–Kier alpha value is -0.370. The highest BCUT2D eigenvalue weighted by atomic mass is 127. The van der Waals surface area contributed by atoms with Gasteiger partial charge in [0, 0.05) is 6.61 Å². The summed E-state index contributed by atoms with van der Waals surface area (Å²) in [6.45, 7) is 2.26. The fourth-order valence-corrected chi connectivity index (χ4v) is 0.934. The van der Waals surface area contributed by atoms with Crippen LogP contribution in [0.4, 0.5) is 8.78 Å². The second-order valence-corrected chi connectivity index (χ2v) is 3.25. The van der Waals surface area contributed by atoms with Crippen LogP contribution >= 0.6 is 22.6 Å². The normalized spacial score (nSPS) is 10.5. The Balaban J connectivity index is 2.86.